The molecule has 0 radical (unpaired) electrons. The fourth-order valence-electron chi connectivity index (χ4n) is 2.02. The number of carbonyl (C=O) groups is 1. The topological polar surface area (TPSA) is 67.5 Å². The molecule has 114 valence electrons. The van der Waals surface area contributed by atoms with Crippen molar-refractivity contribution in [2.24, 2.45) is 5.10 Å². The Labute approximate surface area is 133 Å². The second-order valence-corrected chi connectivity index (χ2v) is 5.00. The molecule has 2 heterocycles. The number of amides is 1. The van der Waals surface area contributed by atoms with Crippen LogP contribution in [0.3, 0.4) is 0 Å². The predicted molar refractivity (Wildman–Crippen MR) is 88.2 cm³/mol. The van der Waals surface area contributed by atoms with Gasteiger partial charge in [-0.3, -0.25) is 9.78 Å². The molecule has 23 heavy (non-hydrogen) atoms. The zero-order valence-electron chi connectivity index (χ0n) is 12.6. The lowest BCUT2D eigenvalue weighted by Gasteiger charge is -1.98. The van der Waals surface area contributed by atoms with E-state index in [2.05, 4.69) is 15.5 Å². The van der Waals surface area contributed by atoms with Gasteiger partial charge in [-0.25, -0.2) is 5.43 Å². The minimum Gasteiger partial charge on any atom is -0.455 e. The van der Waals surface area contributed by atoms with Crippen LogP contribution < -0.4 is 5.43 Å². The Morgan fingerprint density at radius 3 is 2.57 bits per heavy atom. The van der Waals surface area contributed by atoms with Gasteiger partial charge in [-0.15, -0.1) is 0 Å². The fraction of sp³-hybridized carbons (Fsp3) is 0.0556. The molecule has 0 bridgehead atoms. The van der Waals surface area contributed by atoms with Gasteiger partial charge < -0.3 is 4.42 Å². The van der Waals surface area contributed by atoms with Gasteiger partial charge in [-0.2, -0.15) is 5.10 Å². The average Bonchev–Trinajstić information content (AvgIpc) is 3.05. The van der Waals surface area contributed by atoms with Crippen molar-refractivity contribution in [3.8, 4) is 11.3 Å². The molecule has 5 nitrogen and oxygen atoms in total. The molecule has 0 unspecified atom stereocenters. The van der Waals surface area contributed by atoms with Crippen molar-refractivity contribution in [2.45, 2.75) is 6.92 Å². The summed E-state index contributed by atoms with van der Waals surface area (Å²) in [5.41, 5.74) is 5.14. The number of nitrogens with one attached hydrogen (secondary N) is 1. The standard InChI is InChI=1S/C18H15N3O2/c1-13-2-4-14(5-3-13)17-7-6-16(23-17)12-20-21-18(22)15-8-10-19-11-9-15/h2-12H,1H3,(H,21,22). The highest BCUT2D eigenvalue weighted by Gasteiger charge is 2.04. The Hall–Kier alpha value is -3.21. The normalized spacial score (nSPS) is 10.8. The van der Waals surface area contributed by atoms with Crippen molar-refractivity contribution in [2.75, 3.05) is 0 Å². The smallest absolute Gasteiger partial charge is 0.271 e. The van der Waals surface area contributed by atoms with E-state index in [1.807, 2.05) is 37.3 Å². The maximum absolute atomic E-state index is 11.8. The first kappa shape index (κ1) is 14.7. The van der Waals surface area contributed by atoms with Crippen LogP contribution in [0.2, 0.25) is 0 Å². The van der Waals surface area contributed by atoms with E-state index in [1.165, 1.54) is 11.8 Å². The molecule has 0 saturated heterocycles. The van der Waals surface area contributed by atoms with E-state index in [0.29, 0.717) is 11.3 Å². The van der Waals surface area contributed by atoms with Crippen LogP contribution in [-0.2, 0) is 0 Å². The van der Waals surface area contributed by atoms with Gasteiger partial charge in [0.05, 0.1) is 6.21 Å². The first-order valence-corrected chi connectivity index (χ1v) is 7.13. The highest BCUT2D eigenvalue weighted by molar-refractivity contribution is 5.94. The van der Waals surface area contributed by atoms with E-state index >= 15 is 0 Å². The van der Waals surface area contributed by atoms with E-state index in [0.717, 1.165) is 11.3 Å². The van der Waals surface area contributed by atoms with E-state index in [4.69, 9.17) is 4.42 Å². The molecule has 1 N–H and O–H groups in total. The summed E-state index contributed by atoms with van der Waals surface area (Å²) in [5, 5.41) is 3.90. The fourth-order valence-corrected chi connectivity index (χ4v) is 2.02. The predicted octanol–water partition coefficient (Wildman–Crippen LogP) is 3.41. The van der Waals surface area contributed by atoms with Crippen LogP contribution in [0.4, 0.5) is 0 Å². The number of nitrogens with zero attached hydrogens (tertiary/aromatic N) is 2. The van der Waals surface area contributed by atoms with Gasteiger partial charge in [0.15, 0.2) is 0 Å². The highest BCUT2D eigenvalue weighted by atomic mass is 16.3. The maximum atomic E-state index is 11.8. The lowest BCUT2D eigenvalue weighted by atomic mass is 10.1. The second-order valence-electron chi connectivity index (χ2n) is 5.00. The van der Waals surface area contributed by atoms with Crippen LogP contribution in [0.15, 0.2) is 70.4 Å². The van der Waals surface area contributed by atoms with Crippen molar-refractivity contribution in [1.82, 2.24) is 10.4 Å². The van der Waals surface area contributed by atoms with Gasteiger partial charge in [0.25, 0.3) is 5.91 Å². The van der Waals surface area contributed by atoms with Crippen LogP contribution in [0, 0.1) is 6.92 Å². The molecular weight excluding hydrogens is 290 g/mol. The summed E-state index contributed by atoms with van der Waals surface area (Å²) in [6, 6.07) is 15.0. The van der Waals surface area contributed by atoms with Crippen LogP contribution in [0.1, 0.15) is 21.7 Å². The number of aryl methyl sites for hydroxylation is 1. The Morgan fingerprint density at radius 1 is 1.09 bits per heavy atom. The van der Waals surface area contributed by atoms with Crippen LogP contribution in [0.25, 0.3) is 11.3 Å². The van der Waals surface area contributed by atoms with Gasteiger partial charge >= 0.3 is 0 Å². The molecule has 1 amide bonds. The molecule has 0 atom stereocenters. The third-order valence-corrected chi connectivity index (χ3v) is 3.26. The molecule has 0 fully saturated rings. The zero-order chi connectivity index (χ0) is 16.1. The van der Waals surface area contributed by atoms with E-state index < -0.39 is 0 Å². The van der Waals surface area contributed by atoms with Crippen molar-refractivity contribution < 1.29 is 9.21 Å². The molecule has 3 rings (SSSR count). The van der Waals surface area contributed by atoms with Crippen LogP contribution in [-0.4, -0.2) is 17.1 Å². The summed E-state index contributed by atoms with van der Waals surface area (Å²) in [6.45, 7) is 2.04. The molecule has 0 aliphatic heterocycles. The molecule has 2 aromatic heterocycles. The summed E-state index contributed by atoms with van der Waals surface area (Å²) in [5.74, 6) is 1.02. The third-order valence-electron chi connectivity index (χ3n) is 3.26. The molecule has 0 aliphatic rings. The highest BCUT2D eigenvalue weighted by Crippen LogP contribution is 2.21. The van der Waals surface area contributed by atoms with Crippen molar-refractivity contribution >= 4 is 12.1 Å². The number of hydrogen-bond acceptors (Lipinski definition) is 4. The number of furan rings is 1. The number of carbonyl (C=O) groups excluding carboxylic acids is 1. The molecule has 1 aromatic carbocycles. The summed E-state index contributed by atoms with van der Waals surface area (Å²) >= 11 is 0. The lowest BCUT2D eigenvalue weighted by Crippen LogP contribution is -2.17. The monoisotopic (exact) mass is 305 g/mol. The Balaban J connectivity index is 1.65. The number of hydrazone groups is 1. The summed E-state index contributed by atoms with van der Waals surface area (Å²) < 4.78 is 5.69. The van der Waals surface area contributed by atoms with Gasteiger partial charge in [0.2, 0.25) is 0 Å². The zero-order valence-corrected chi connectivity index (χ0v) is 12.6. The Kier molecular flexibility index (Phi) is 4.29. The number of benzene rings is 1. The first-order chi connectivity index (χ1) is 11.2. The van der Waals surface area contributed by atoms with Gasteiger partial charge in [-0.05, 0) is 31.2 Å². The SMILES string of the molecule is Cc1ccc(-c2ccc(C=NNC(=O)c3ccncc3)o2)cc1. The minimum atomic E-state index is -0.297. The maximum Gasteiger partial charge on any atom is 0.271 e. The Morgan fingerprint density at radius 2 is 1.83 bits per heavy atom. The molecule has 0 spiro atoms. The average molecular weight is 305 g/mol. The lowest BCUT2D eigenvalue weighted by molar-refractivity contribution is 0.0955. The number of pyridine rings is 1. The third kappa shape index (κ3) is 3.71. The number of rotatable bonds is 4. The van der Waals surface area contributed by atoms with Crippen molar-refractivity contribution in [1.29, 1.82) is 0 Å². The number of aromatic nitrogens is 1. The van der Waals surface area contributed by atoms with E-state index in [-0.39, 0.29) is 5.91 Å². The quantitative estimate of drug-likeness (QED) is 0.593. The van der Waals surface area contributed by atoms with Crippen molar-refractivity contribution in [3.63, 3.8) is 0 Å². The van der Waals surface area contributed by atoms with Gasteiger partial charge in [-0.1, -0.05) is 29.8 Å². The van der Waals surface area contributed by atoms with Crippen molar-refractivity contribution in [3.05, 3.63) is 77.8 Å². The van der Waals surface area contributed by atoms with E-state index in [1.54, 1.807) is 30.6 Å². The van der Waals surface area contributed by atoms with Gasteiger partial charge in [0, 0.05) is 23.5 Å². The summed E-state index contributed by atoms with van der Waals surface area (Å²) in [4.78, 5) is 15.7. The molecular formula is C18H15N3O2. The Bertz CT molecular complexity index is 821. The first-order valence-electron chi connectivity index (χ1n) is 7.13. The largest absolute Gasteiger partial charge is 0.455 e. The molecule has 3 aromatic rings. The van der Waals surface area contributed by atoms with Crippen LogP contribution in [0.5, 0.6) is 0 Å². The minimum absolute atomic E-state index is 0.297. The van der Waals surface area contributed by atoms with E-state index in [9.17, 15) is 4.79 Å². The summed E-state index contributed by atoms with van der Waals surface area (Å²) in [6.07, 6.45) is 4.58. The summed E-state index contributed by atoms with van der Waals surface area (Å²) in [7, 11) is 0. The molecule has 0 aliphatic carbocycles. The second kappa shape index (κ2) is 6.70. The molecule has 5 heteroatoms. The van der Waals surface area contributed by atoms with Crippen LogP contribution >= 0.6 is 0 Å². The molecule has 0 saturated carbocycles. The number of hydrogen-bond donors (Lipinski definition) is 1. The van der Waals surface area contributed by atoms with Gasteiger partial charge in [0.1, 0.15) is 11.5 Å².